The van der Waals surface area contributed by atoms with E-state index >= 15 is 0 Å². The summed E-state index contributed by atoms with van der Waals surface area (Å²) < 4.78 is 5.57. The molecule has 2 aromatic carbocycles. The molecule has 0 aliphatic heterocycles. The van der Waals surface area contributed by atoms with Gasteiger partial charge in [-0.25, -0.2) is 9.59 Å². The highest BCUT2D eigenvalue weighted by atomic mass is 16.5. The molecule has 2 amide bonds. The molecule has 2 aliphatic carbocycles. The van der Waals surface area contributed by atoms with E-state index in [1.807, 2.05) is 24.3 Å². The van der Waals surface area contributed by atoms with Gasteiger partial charge in [-0.05, 0) is 42.0 Å². The molecule has 34 heavy (non-hydrogen) atoms. The van der Waals surface area contributed by atoms with Gasteiger partial charge in [-0.3, -0.25) is 4.79 Å². The van der Waals surface area contributed by atoms with Gasteiger partial charge < -0.3 is 20.5 Å². The van der Waals surface area contributed by atoms with Crippen LogP contribution in [0, 0.1) is 11.8 Å². The van der Waals surface area contributed by atoms with Gasteiger partial charge in [-0.15, -0.1) is 11.8 Å². The highest BCUT2D eigenvalue weighted by Crippen LogP contribution is 2.44. The summed E-state index contributed by atoms with van der Waals surface area (Å²) in [6.07, 6.45) is 1.99. The normalized spacial score (nSPS) is 16.9. The van der Waals surface area contributed by atoms with Crippen LogP contribution in [0.15, 0.2) is 60.2 Å². The number of alkyl carbamates (subject to hydrolysis) is 1. The second kappa shape index (κ2) is 10.3. The van der Waals surface area contributed by atoms with Gasteiger partial charge >= 0.3 is 12.1 Å². The Morgan fingerprint density at radius 3 is 2.35 bits per heavy atom. The molecule has 2 aliphatic rings. The number of nitrogens with one attached hydrogen (secondary N) is 2. The lowest BCUT2D eigenvalue weighted by Crippen LogP contribution is -2.41. The summed E-state index contributed by atoms with van der Waals surface area (Å²) in [5.74, 6) is 3.68. The SMILES string of the molecule is CC#CCC(NC(=O)C1=CCC(NC(=O)OCC2c3ccccc3-c3ccccc32)C1)C(=O)O. The topological polar surface area (TPSA) is 105 Å². The monoisotopic (exact) mass is 458 g/mol. The van der Waals surface area contributed by atoms with E-state index in [2.05, 4.69) is 46.7 Å². The molecular formula is C27H26N2O5. The van der Waals surface area contributed by atoms with Crippen LogP contribution >= 0.6 is 0 Å². The number of hydrogen-bond acceptors (Lipinski definition) is 4. The Balaban J connectivity index is 1.29. The molecule has 174 valence electrons. The number of benzene rings is 2. The van der Waals surface area contributed by atoms with Gasteiger partial charge in [0.05, 0.1) is 0 Å². The van der Waals surface area contributed by atoms with E-state index in [9.17, 15) is 19.5 Å². The first-order valence-corrected chi connectivity index (χ1v) is 11.2. The molecule has 3 N–H and O–H groups in total. The van der Waals surface area contributed by atoms with Crippen molar-refractivity contribution in [3.05, 3.63) is 71.3 Å². The molecule has 0 bridgehead atoms. The number of rotatable bonds is 7. The fourth-order valence-corrected chi connectivity index (χ4v) is 4.47. The smallest absolute Gasteiger partial charge is 0.407 e. The first kappa shape index (κ1) is 23.1. The lowest BCUT2D eigenvalue weighted by atomic mass is 9.98. The van der Waals surface area contributed by atoms with Crippen LogP contribution in [0.3, 0.4) is 0 Å². The van der Waals surface area contributed by atoms with E-state index in [-0.39, 0.29) is 25.0 Å². The summed E-state index contributed by atoms with van der Waals surface area (Å²) in [6.45, 7) is 1.83. The Morgan fingerprint density at radius 2 is 1.74 bits per heavy atom. The van der Waals surface area contributed by atoms with Crippen molar-refractivity contribution >= 4 is 18.0 Å². The standard InChI is InChI=1S/C27H26N2O5/c1-2-3-12-24(26(31)32)29-25(30)17-13-14-18(15-17)28-27(33)34-16-23-21-10-6-4-8-19(21)20-9-5-7-11-22(20)23/h4-11,13,18,23-24H,12,14-16H2,1H3,(H,28,33)(H,29,30)(H,31,32). The maximum absolute atomic E-state index is 12.5. The number of carbonyl (C=O) groups excluding carboxylic acids is 2. The number of carbonyl (C=O) groups is 3. The summed E-state index contributed by atoms with van der Waals surface area (Å²) in [7, 11) is 0. The van der Waals surface area contributed by atoms with E-state index in [4.69, 9.17) is 4.74 Å². The number of carboxylic acids is 1. The molecule has 0 saturated heterocycles. The number of carboxylic acid groups (broad SMARTS) is 1. The van der Waals surface area contributed by atoms with E-state index < -0.39 is 24.0 Å². The van der Waals surface area contributed by atoms with Crippen LogP contribution in [0.2, 0.25) is 0 Å². The number of amides is 2. The van der Waals surface area contributed by atoms with Crippen LogP contribution in [0.5, 0.6) is 0 Å². The molecule has 2 atom stereocenters. The van der Waals surface area contributed by atoms with Crippen LogP contribution in [-0.4, -0.2) is 41.8 Å². The number of hydrogen-bond donors (Lipinski definition) is 3. The second-order valence-electron chi connectivity index (χ2n) is 8.33. The maximum atomic E-state index is 12.5. The van der Waals surface area contributed by atoms with E-state index in [1.165, 1.54) is 0 Å². The molecule has 2 unspecified atom stereocenters. The molecule has 7 nitrogen and oxygen atoms in total. The molecule has 0 radical (unpaired) electrons. The Hall–Kier alpha value is -4.05. The largest absolute Gasteiger partial charge is 0.480 e. The zero-order chi connectivity index (χ0) is 24.1. The molecule has 0 heterocycles. The molecule has 0 saturated carbocycles. The van der Waals surface area contributed by atoms with Crippen LogP contribution in [0.25, 0.3) is 11.1 Å². The molecular weight excluding hydrogens is 432 g/mol. The summed E-state index contributed by atoms with van der Waals surface area (Å²) >= 11 is 0. The highest BCUT2D eigenvalue weighted by molar-refractivity contribution is 5.96. The van der Waals surface area contributed by atoms with E-state index in [0.717, 1.165) is 22.3 Å². The molecule has 2 aromatic rings. The zero-order valence-electron chi connectivity index (χ0n) is 18.8. The Morgan fingerprint density at radius 1 is 1.09 bits per heavy atom. The lowest BCUT2D eigenvalue weighted by molar-refractivity contribution is -0.141. The first-order chi connectivity index (χ1) is 16.5. The van der Waals surface area contributed by atoms with Crippen LogP contribution in [0.4, 0.5) is 4.79 Å². The molecule has 0 fully saturated rings. The highest BCUT2D eigenvalue weighted by Gasteiger charge is 2.30. The van der Waals surface area contributed by atoms with Crippen molar-refractivity contribution in [3.63, 3.8) is 0 Å². The Labute approximate surface area is 198 Å². The van der Waals surface area contributed by atoms with Gasteiger partial charge in [0.2, 0.25) is 5.91 Å². The van der Waals surface area contributed by atoms with E-state index in [1.54, 1.807) is 13.0 Å². The van der Waals surface area contributed by atoms with Gasteiger partial charge in [0.25, 0.3) is 0 Å². The van der Waals surface area contributed by atoms with Crippen molar-refractivity contribution in [3.8, 4) is 23.0 Å². The minimum atomic E-state index is -1.14. The summed E-state index contributed by atoms with van der Waals surface area (Å²) in [6, 6.07) is 14.9. The lowest BCUT2D eigenvalue weighted by Gasteiger charge is -2.17. The summed E-state index contributed by atoms with van der Waals surface area (Å²) in [4.78, 5) is 36.3. The summed E-state index contributed by atoms with van der Waals surface area (Å²) in [5.41, 5.74) is 5.04. The van der Waals surface area contributed by atoms with Gasteiger partial charge in [-0.2, -0.15) is 0 Å². The van der Waals surface area contributed by atoms with Crippen LogP contribution < -0.4 is 10.6 Å². The quantitative estimate of drug-likeness (QED) is 0.550. The zero-order valence-corrected chi connectivity index (χ0v) is 18.8. The van der Waals surface area contributed by atoms with Crippen molar-refractivity contribution in [1.29, 1.82) is 0 Å². The maximum Gasteiger partial charge on any atom is 0.407 e. The molecule has 0 aromatic heterocycles. The molecule has 7 heteroatoms. The van der Waals surface area contributed by atoms with Crippen molar-refractivity contribution in [1.82, 2.24) is 10.6 Å². The van der Waals surface area contributed by atoms with Gasteiger partial charge in [0.15, 0.2) is 0 Å². The second-order valence-corrected chi connectivity index (χ2v) is 8.33. The van der Waals surface area contributed by atoms with Gasteiger partial charge in [-0.1, -0.05) is 54.6 Å². The predicted molar refractivity (Wildman–Crippen MR) is 127 cm³/mol. The minimum Gasteiger partial charge on any atom is -0.480 e. The number of aliphatic carboxylic acids is 1. The Bertz CT molecular complexity index is 1160. The number of ether oxygens (including phenoxy) is 1. The van der Waals surface area contributed by atoms with Crippen LogP contribution in [0.1, 0.15) is 43.2 Å². The van der Waals surface area contributed by atoms with Crippen molar-refractivity contribution < 1.29 is 24.2 Å². The predicted octanol–water partition coefficient (Wildman–Crippen LogP) is 3.60. The van der Waals surface area contributed by atoms with E-state index in [0.29, 0.717) is 18.4 Å². The molecule has 4 rings (SSSR count). The molecule has 0 spiro atoms. The third kappa shape index (κ3) is 4.96. The summed E-state index contributed by atoms with van der Waals surface area (Å²) in [5, 5.41) is 14.6. The average molecular weight is 459 g/mol. The van der Waals surface area contributed by atoms with Gasteiger partial charge in [0.1, 0.15) is 12.6 Å². The third-order valence-electron chi connectivity index (χ3n) is 6.16. The fraction of sp³-hybridized carbons (Fsp3) is 0.296. The fourth-order valence-electron chi connectivity index (χ4n) is 4.47. The van der Waals surface area contributed by atoms with Gasteiger partial charge in [0, 0.05) is 24.0 Å². The first-order valence-electron chi connectivity index (χ1n) is 11.2. The average Bonchev–Trinajstić information content (AvgIpc) is 3.43. The Kier molecular flexibility index (Phi) is 6.98. The minimum absolute atomic E-state index is 0.0274. The number of fused-ring (bicyclic) bond motifs is 3. The van der Waals surface area contributed by atoms with Crippen molar-refractivity contribution in [2.75, 3.05) is 6.61 Å². The van der Waals surface area contributed by atoms with Crippen molar-refractivity contribution in [2.45, 2.75) is 44.2 Å². The third-order valence-corrected chi connectivity index (χ3v) is 6.16. The van der Waals surface area contributed by atoms with Crippen LogP contribution in [-0.2, 0) is 14.3 Å². The van der Waals surface area contributed by atoms with Crippen molar-refractivity contribution in [2.24, 2.45) is 0 Å².